The van der Waals surface area contributed by atoms with Gasteiger partial charge in [0.1, 0.15) is 0 Å². The Bertz CT molecular complexity index is 947. The van der Waals surface area contributed by atoms with Gasteiger partial charge in [0.2, 0.25) is 0 Å². The van der Waals surface area contributed by atoms with Crippen LogP contribution in [0.3, 0.4) is 0 Å². The molecule has 0 fully saturated rings. The van der Waals surface area contributed by atoms with Crippen LogP contribution in [0.5, 0.6) is 0 Å². The zero-order valence-electron chi connectivity index (χ0n) is 13.3. The molecule has 0 aliphatic carbocycles. The van der Waals surface area contributed by atoms with Gasteiger partial charge in [0, 0.05) is 29.6 Å². The van der Waals surface area contributed by atoms with Gasteiger partial charge in [-0.15, -0.1) is 0 Å². The van der Waals surface area contributed by atoms with Gasteiger partial charge in [-0.1, -0.05) is 36.4 Å². The average molecular weight is 332 g/mol. The second-order valence-electron chi connectivity index (χ2n) is 5.56. The van der Waals surface area contributed by atoms with Gasteiger partial charge >= 0.3 is 0 Å². The van der Waals surface area contributed by atoms with Crippen LogP contribution in [0.15, 0.2) is 66.9 Å². The highest BCUT2D eigenvalue weighted by atomic mass is 16.5. The molecule has 0 aliphatic rings. The summed E-state index contributed by atoms with van der Waals surface area (Å²) < 4.78 is 0. The fourth-order valence-corrected chi connectivity index (χ4v) is 2.51. The zero-order chi connectivity index (χ0) is 17.6. The standard InChI is InChI=1S/C20H16N2O3/c23-19(13-15-5-9-18-17(12-15)2-1-11-21-18)16-7-3-14(4-8-16)6-10-20(24)22-25/h1-12,25H,13H2,(H,22,24)/b10-6+. The molecule has 2 aromatic carbocycles. The Hall–Kier alpha value is -3.31. The maximum absolute atomic E-state index is 12.4. The Morgan fingerprint density at radius 1 is 1.08 bits per heavy atom. The largest absolute Gasteiger partial charge is 0.294 e. The Labute approximate surface area is 144 Å². The van der Waals surface area contributed by atoms with Gasteiger partial charge in [0.25, 0.3) is 5.91 Å². The van der Waals surface area contributed by atoms with Crippen LogP contribution < -0.4 is 5.48 Å². The molecule has 3 aromatic rings. The first-order chi connectivity index (χ1) is 12.2. The summed E-state index contributed by atoms with van der Waals surface area (Å²) in [6.45, 7) is 0. The maximum atomic E-state index is 12.4. The van der Waals surface area contributed by atoms with Crippen LogP contribution in [0.1, 0.15) is 21.5 Å². The number of carbonyl (C=O) groups is 2. The summed E-state index contributed by atoms with van der Waals surface area (Å²) in [5, 5.41) is 9.45. The number of amides is 1. The molecule has 0 aliphatic heterocycles. The Balaban J connectivity index is 1.71. The molecular weight excluding hydrogens is 316 g/mol. The lowest BCUT2D eigenvalue weighted by atomic mass is 10.0. The predicted molar refractivity (Wildman–Crippen MR) is 95.2 cm³/mol. The smallest absolute Gasteiger partial charge is 0.267 e. The normalized spacial score (nSPS) is 10.9. The molecule has 1 aromatic heterocycles. The maximum Gasteiger partial charge on any atom is 0.267 e. The van der Waals surface area contributed by atoms with Crippen LogP contribution >= 0.6 is 0 Å². The Morgan fingerprint density at radius 3 is 2.64 bits per heavy atom. The third-order valence-corrected chi connectivity index (χ3v) is 3.80. The molecule has 1 heterocycles. The highest BCUT2D eigenvalue weighted by Gasteiger charge is 2.08. The molecule has 25 heavy (non-hydrogen) atoms. The molecule has 0 saturated heterocycles. The third kappa shape index (κ3) is 4.16. The topological polar surface area (TPSA) is 79.3 Å². The van der Waals surface area contributed by atoms with Crippen molar-refractivity contribution in [1.29, 1.82) is 0 Å². The van der Waals surface area contributed by atoms with E-state index in [1.165, 1.54) is 11.6 Å². The first kappa shape index (κ1) is 16.5. The summed E-state index contributed by atoms with van der Waals surface area (Å²) in [6, 6.07) is 16.6. The number of hydroxylamine groups is 1. The number of Topliss-reactive ketones (excluding diaryl/α,β-unsaturated/α-hetero) is 1. The fraction of sp³-hybridized carbons (Fsp3) is 0.0500. The van der Waals surface area contributed by atoms with E-state index in [9.17, 15) is 9.59 Å². The Morgan fingerprint density at radius 2 is 1.88 bits per heavy atom. The van der Waals surface area contributed by atoms with E-state index in [0.29, 0.717) is 12.0 Å². The molecule has 0 atom stereocenters. The van der Waals surface area contributed by atoms with Crippen LogP contribution in [-0.4, -0.2) is 21.9 Å². The number of pyridine rings is 1. The lowest BCUT2D eigenvalue weighted by Crippen LogP contribution is -2.14. The number of nitrogens with one attached hydrogen (secondary N) is 1. The number of ketones is 1. The van der Waals surface area contributed by atoms with E-state index < -0.39 is 5.91 Å². The van der Waals surface area contributed by atoms with E-state index in [4.69, 9.17) is 5.21 Å². The quantitative estimate of drug-likeness (QED) is 0.325. The average Bonchev–Trinajstić information content (AvgIpc) is 2.66. The molecule has 5 heteroatoms. The number of aromatic nitrogens is 1. The van der Waals surface area contributed by atoms with E-state index in [0.717, 1.165) is 22.0 Å². The minimum Gasteiger partial charge on any atom is -0.294 e. The molecule has 0 radical (unpaired) electrons. The second kappa shape index (κ2) is 7.51. The molecule has 3 rings (SSSR count). The lowest BCUT2D eigenvalue weighted by molar-refractivity contribution is -0.124. The lowest BCUT2D eigenvalue weighted by Gasteiger charge is -2.04. The van der Waals surface area contributed by atoms with Crippen LogP contribution in [0.25, 0.3) is 17.0 Å². The molecule has 124 valence electrons. The Kier molecular flexibility index (Phi) is 4.97. The van der Waals surface area contributed by atoms with Crippen LogP contribution in [0, 0.1) is 0 Å². The number of fused-ring (bicyclic) bond motifs is 1. The van der Waals surface area contributed by atoms with Crippen molar-refractivity contribution in [3.63, 3.8) is 0 Å². The van der Waals surface area contributed by atoms with Crippen molar-refractivity contribution in [2.45, 2.75) is 6.42 Å². The van der Waals surface area contributed by atoms with E-state index in [2.05, 4.69) is 4.98 Å². The summed E-state index contributed by atoms with van der Waals surface area (Å²) in [5.41, 5.74) is 4.73. The van der Waals surface area contributed by atoms with Crippen molar-refractivity contribution in [3.8, 4) is 0 Å². The van der Waals surface area contributed by atoms with Crippen molar-refractivity contribution in [1.82, 2.24) is 10.5 Å². The summed E-state index contributed by atoms with van der Waals surface area (Å²) in [7, 11) is 0. The van der Waals surface area contributed by atoms with Gasteiger partial charge < -0.3 is 0 Å². The van der Waals surface area contributed by atoms with Gasteiger partial charge in [-0.3, -0.25) is 19.8 Å². The second-order valence-corrected chi connectivity index (χ2v) is 5.56. The minimum atomic E-state index is -0.606. The highest BCUT2D eigenvalue weighted by molar-refractivity contribution is 5.98. The van der Waals surface area contributed by atoms with Crippen molar-refractivity contribution in [2.75, 3.05) is 0 Å². The number of hydrogen-bond donors (Lipinski definition) is 2. The van der Waals surface area contributed by atoms with Crippen molar-refractivity contribution < 1.29 is 14.8 Å². The summed E-state index contributed by atoms with van der Waals surface area (Å²) >= 11 is 0. The van der Waals surface area contributed by atoms with E-state index in [1.807, 2.05) is 30.3 Å². The summed E-state index contributed by atoms with van der Waals surface area (Å²) in [4.78, 5) is 27.7. The van der Waals surface area contributed by atoms with Gasteiger partial charge in [0.05, 0.1) is 5.52 Å². The molecule has 0 spiro atoms. The molecule has 2 N–H and O–H groups in total. The summed E-state index contributed by atoms with van der Waals surface area (Å²) in [6.07, 6.45) is 4.82. The molecule has 5 nitrogen and oxygen atoms in total. The van der Waals surface area contributed by atoms with Gasteiger partial charge in [-0.2, -0.15) is 0 Å². The molecular formula is C20H16N2O3. The number of nitrogens with zero attached hydrogens (tertiary/aromatic N) is 1. The predicted octanol–water partition coefficient (Wildman–Crippen LogP) is 3.18. The van der Waals surface area contributed by atoms with Crippen LogP contribution in [-0.2, 0) is 11.2 Å². The number of rotatable bonds is 5. The van der Waals surface area contributed by atoms with E-state index in [-0.39, 0.29) is 5.78 Å². The van der Waals surface area contributed by atoms with Crippen molar-refractivity contribution in [2.24, 2.45) is 0 Å². The molecule has 0 unspecified atom stereocenters. The first-order valence-electron chi connectivity index (χ1n) is 7.75. The number of benzene rings is 2. The van der Waals surface area contributed by atoms with Gasteiger partial charge in [-0.25, -0.2) is 5.48 Å². The third-order valence-electron chi connectivity index (χ3n) is 3.80. The first-order valence-corrected chi connectivity index (χ1v) is 7.75. The minimum absolute atomic E-state index is 0.0203. The molecule has 0 saturated carbocycles. The van der Waals surface area contributed by atoms with Crippen molar-refractivity contribution in [3.05, 3.63) is 83.6 Å². The van der Waals surface area contributed by atoms with E-state index in [1.54, 1.807) is 36.5 Å². The molecule has 1 amide bonds. The van der Waals surface area contributed by atoms with Gasteiger partial charge in [-0.05, 0) is 35.4 Å². The fourth-order valence-electron chi connectivity index (χ4n) is 2.51. The van der Waals surface area contributed by atoms with Crippen LogP contribution in [0.4, 0.5) is 0 Å². The molecule has 0 bridgehead atoms. The number of hydrogen-bond acceptors (Lipinski definition) is 4. The van der Waals surface area contributed by atoms with Crippen molar-refractivity contribution >= 4 is 28.7 Å². The zero-order valence-corrected chi connectivity index (χ0v) is 13.3. The van der Waals surface area contributed by atoms with Gasteiger partial charge in [0.15, 0.2) is 5.78 Å². The highest BCUT2D eigenvalue weighted by Crippen LogP contribution is 2.16. The summed E-state index contributed by atoms with van der Waals surface area (Å²) in [5.74, 6) is -0.585. The van der Waals surface area contributed by atoms with Crippen LogP contribution in [0.2, 0.25) is 0 Å². The van der Waals surface area contributed by atoms with E-state index >= 15 is 0 Å². The SMILES string of the molecule is O=C(/C=C/c1ccc(C(=O)Cc2ccc3ncccc3c2)cc1)NO. The number of carbonyl (C=O) groups excluding carboxylic acids is 2. The monoisotopic (exact) mass is 332 g/mol.